The zero-order valence-electron chi connectivity index (χ0n) is 15.4. The number of aliphatic hydroxyl groups is 1. The summed E-state index contributed by atoms with van der Waals surface area (Å²) in [4.78, 5) is 13.8. The molecule has 3 rings (SSSR count). The molecule has 0 bridgehead atoms. The van der Waals surface area contributed by atoms with Crippen molar-refractivity contribution in [2.45, 2.75) is 39.8 Å². The zero-order valence-corrected chi connectivity index (χ0v) is 15.4. The fourth-order valence-electron chi connectivity index (χ4n) is 3.63. The third kappa shape index (κ3) is 4.35. The number of rotatable bonds is 4. The largest absolute Gasteiger partial charge is 0.390 e. The van der Waals surface area contributed by atoms with Crippen molar-refractivity contribution in [3.8, 4) is 0 Å². The van der Waals surface area contributed by atoms with E-state index in [9.17, 15) is 5.11 Å². The number of nitrogens with zero attached hydrogens (tertiary/aromatic N) is 4. The van der Waals surface area contributed by atoms with Gasteiger partial charge in [-0.3, -0.25) is 4.90 Å². The van der Waals surface area contributed by atoms with Gasteiger partial charge in [0.05, 0.1) is 6.10 Å². The molecule has 5 nitrogen and oxygen atoms in total. The highest BCUT2D eigenvalue weighted by Crippen LogP contribution is 2.23. The van der Waals surface area contributed by atoms with E-state index in [1.54, 1.807) is 0 Å². The molecule has 2 aromatic rings. The van der Waals surface area contributed by atoms with Gasteiger partial charge in [0, 0.05) is 44.0 Å². The average molecular weight is 340 g/mol. The molecular formula is C20H28N4O. The highest BCUT2D eigenvalue weighted by molar-refractivity contribution is 5.49. The summed E-state index contributed by atoms with van der Waals surface area (Å²) in [6.07, 6.45) is 0.522. The van der Waals surface area contributed by atoms with E-state index >= 15 is 0 Å². The van der Waals surface area contributed by atoms with Crippen molar-refractivity contribution in [2.24, 2.45) is 0 Å². The van der Waals surface area contributed by atoms with Crippen LogP contribution < -0.4 is 4.90 Å². The topological polar surface area (TPSA) is 52.5 Å². The SMILES string of the molecule is CCc1c(C)nc(C)nc1N1CCN(Cc2ccccc2)CC(O)C1. The lowest BCUT2D eigenvalue weighted by molar-refractivity contribution is 0.129. The molecule has 134 valence electrons. The summed E-state index contributed by atoms with van der Waals surface area (Å²) in [5.41, 5.74) is 3.52. The van der Waals surface area contributed by atoms with Crippen molar-refractivity contribution >= 4 is 5.82 Å². The maximum atomic E-state index is 10.5. The van der Waals surface area contributed by atoms with E-state index in [1.165, 1.54) is 11.1 Å². The summed E-state index contributed by atoms with van der Waals surface area (Å²) in [6.45, 7) is 10.1. The maximum Gasteiger partial charge on any atom is 0.135 e. The minimum atomic E-state index is -0.383. The number of aryl methyl sites for hydroxylation is 2. The highest BCUT2D eigenvalue weighted by Gasteiger charge is 2.24. The van der Waals surface area contributed by atoms with Crippen LogP contribution in [0, 0.1) is 13.8 Å². The Morgan fingerprint density at radius 1 is 1.08 bits per heavy atom. The molecule has 2 heterocycles. The quantitative estimate of drug-likeness (QED) is 0.926. The number of hydrogen-bond donors (Lipinski definition) is 1. The van der Waals surface area contributed by atoms with E-state index in [-0.39, 0.29) is 6.10 Å². The van der Waals surface area contributed by atoms with Crippen LogP contribution in [0.25, 0.3) is 0 Å². The van der Waals surface area contributed by atoms with Crippen LogP contribution in [-0.4, -0.2) is 52.3 Å². The maximum absolute atomic E-state index is 10.5. The van der Waals surface area contributed by atoms with Gasteiger partial charge in [-0.1, -0.05) is 37.3 Å². The van der Waals surface area contributed by atoms with E-state index in [0.717, 1.165) is 43.4 Å². The van der Waals surface area contributed by atoms with Crippen molar-refractivity contribution < 1.29 is 5.11 Å². The van der Waals surface area contributed by atoms with Gasteiger partial charge in [0.15, 0.2) is 0 Å². The van der Waals surface area contributed by atoms with Crippen LogP contribution in [0.2, 0.25) is 0 Å². The number of aliphatic hydroxyl groups excluding tert-OH is 1. The molecule has 1 N–H and O–H groups in total. The van der Waals surface area contributed by atoms with E-state index in [1.807, 2.05) is 19.9 Å². The third-order valence-corrected chi connectivity index (χ3v) is 4.79. The van der Waals surface area contributed by atoms with Crippen LogP contribution in [0.3, 0.4) is 0 Å². The highest BCUT2D eigenvalue weighted by atomic mass is 16.3. The van der Waals surface area contributed by atoms with E-state index < -0.39 is 0 Å². The molecule has 0 amide bonds. The Balaban J connectivity index is 1.77. The van der Waals surface area contributed by atoms with Gasteiger partial charge in [0.2, 0.25) is 0 Å². The molecule has 1 aromatic carbocycles. The molecule has 1 aliphatic rings. The Bertz CT molecular complexity index is 704. The molecule has 0 saturated carbocycles. The lowest BCUT2D eigenvalue weighted by Gasteiger charge is -2.26. The fraction of sp³-hybridized carbons (Fsp3) is 0.500. The molecule has 1 aliphatic heterocycles. The monoisotopic (exact) mass is 340 g/mol. The summed E-state index contributed by atoms with van der Waals surface area (Å²) in [5.74, 6) is 1.79. The predicted molar refractivity (Wildman–Crippen MR) is 101 cm³/mol. The van der Waals surface area contributed by atoms with Crippen molar-refractivity contribution in [3.05, 3.63) is 53.0 Å². The fourth-order valence-corrected chi connectivity index (χ4v) is 3.63. The minimum Gasteiger partial charge on any atom is -0.390 e. The lowest BCUT2D eigenvalue weighted by atomic mass is 10.1. The summed E-state index contributed by atoms with van der Waals surface area (Å²) >= 11 is 0. The van der Waals surface area contributed by atoms with Gasteiger partial charge in [-0.15, -0.1) is 0 Å². The molecular weight excluding hydrogens is 312 g/mol. The Morgan fingerprint density at radius 3 is 2.56 bits per heavy atom. The molecule has 0 aliphatic carbocycles. The third-order valence-electron chi connectivity index (χ3n) is 4.79. The number of hydrogen-bond acceptors (Lipinski definition) is 5. The number of aromatic nitrogens is 2. The Hall–Kier alpha value is -1.98. The summed E-state index contributed by atoms with van der Waals surface area (Å²) in [7, 11) is 0. The standard InChI is InChI=1S/C20H28N4O/c1-4-19-15(2)21-16(3)22-20(19)24-11-10-23(13-18(25)14-24)12-17-8-6-5-7-9-17/h5-9,18,25H,4,10-14H2,1-3H3. The second kappa shape index (κ2) is 7.93. The first-order valence-electron chi connectivity index (χ1n) is 9.10. The number of benzene rings is 1. The van der Waals surface area contributed by atoms with Crippen LogP contribution in [0.5, 0.6) is 0 Å². The molecule has 1 atom stereocenters. The molecule has 1 saturated heterocycles. The summed E-state index contributed by atoms with van der Waals surface area (Å²) in [6, 6.07) is 10.4. The Labute approximate surface area is 150 Å². The Kier molecular flexibility index (Phi) is 5.66. The molecule has 1 fully saturated rings. The van der Waals surface area contributed by atoms with Gasteiger partial charge >= 0.3 is 0 Å². The van der Waals surface area contributed by atoms with Crippen molar-refractivity contribution in [2.75, 3.05) is 31.1 Å². The first kappa shape index (κ1) is 17.8. The van der Waals surface area contributed by atoms with Crippen LogP contribution in [0.4, 0.5) is 5.82 Å². The van der Waals surface area contributed by atoms with Crippen molar-refractivity contribution in [1.29, 1.82) is 0 Å². The number of anilines is 1. The van der Waals surface area contributed by atoms with Gasteiger partial charge in [0.1, 0.15) is 11.6 Å². The van der Waals surface area contributed by atoms with Gasteiger partial charge in [0.25, 0.3) is 0 Å². The van der Waals surface area contributed by atoms with Crippen LogP contribution in [-0.2, 0) is 13.0 Å². The van der Waals surface area contributed by atoms with Gasteiger partial charge < -0.3 is 10.0 Å². The van der Waals surface area contributed by atoms with E-state index in [0.29, 0.717) is 13.1 Å². The van der Waals surface area contributed by atoms with Crippen LogP contribution >= 0.6 is 0 Å². The first-order chi connectivity index (χ1) is 12.1. The van der Waals surface area contributed by atoms with Crippen LogP contribution in [0.15, 0.2) is 30.3 Å². The molecule has 25 heavy (non-hydrogen) atoms. The number of β-amino-alcohol motifs (C(OH)–C–C–N with tert-alkyl or cyclic N) is 1. The van der Waals surface area contributed by atoms with Gasteiger partial charge in [-0.05, 0) is 25.8 Å². The van der Waals surface area contributed by atoms with Crippen LogP contribution in [0.1, 0.15) is 29.6 Å². The van der Waals surface area contributed by atoms with E-state index in [4.69, 9.17) is 4.98 Å². The molecule has 0 spiro atoms. The normalized spacial score (nSPS) is 19.0. The predicted octanol–water partition coefficient (Wildman–Crippen LogP) is 2.34. The summed E-state index contributed by atoms with van der Waals surface area (Å²) in [5, 5.41) is 10.5. The molecule has 1 aromatic heterocycles. The van der Waals surface area contributed by atoms with Crippen molar-refractivity contribution in [3.63, 3.8) is 0 Å². The molecule has 1 unspecified atom stereocenters. The molecule has 5 heteroatoms. The lowest BCUT2D eigenvalue weighted by Crippen LogP contribution is -2.34. The van der Waals surface area contributed by atoms with Gasteiger partial charge in [-0.2, -0.15) is 0 Å². The minimum absolute atomic E-state index is 0.383. The second-order valence-corrected chi connectivity index (χ2v) is 6.83. The Morgan fingerprint density at radius 2 is 1.84 bits per heavy atom. The first-order valence-corrected chi connectivity index (χ1v) is 9.10. The van der Waals surface area contributed by atoms with E-state index in [2.05, 4.69) is 46.0 Å². The second-order valence-electron chi connectivity index (χ2n) is 6.83. The van der Waals surface area contributed by atoms with Crippen molar-refractivity contribution in [1.82, 2.24) is 14.9 Å². The zero-order chi connectivity index (χ0) is 17.8. The average Bonchev–Trinajstić information content (AvgIpc) is 2.76. The van der Waals surface area contributed by atoms with Gasteiger partial charge in [-0.25, -0.2) is 9.97 Å². The molecule has 0 radical (unpaired) electrons. The smallest absolute Gasteiger partial charge is 0.135 e. The summed E-state index contributed by atoms with van der Waals surface area (Å²) < 4.78 is 0.